The van der Waals surface area contributed by atoms with Crippen molar-refractivity contribution in [2.75, 3.05) is 11.4 Å². The number of nitrogens with two attached hydrogens (primary N) is 1. The number of benzene rings is 2. The highest BCUT2D eigenvalue weighted by Gasteiger charge is 2.28. The molecule has 19 heavy (non-hydrogen) atoms. The van der Waals surface area contributed by atoms with E-state index in [1.165, 1.54) is 12.1 Å². The molecular weight excluding hydrogens is 241 g/mol. The van der Waals surface area contributed by atoms with Crippen LogP contribution in [0.25, 0.3) is 0 Å². The van der Waals surface area contributed by atoms with Crippen LogP contribution >= 0.6 is 0 Å². The molecule has 1 aliphatic rings. The summed E-state index contributed by atoms with van der Waals surface area (Å²) in [7, 11) is 0. The molecule has 4 heteroatoms. The third kappa shape index (κ3) is 2.17. The second-order valence-corrected chi connectivity index (χ2v) is 4.48. The first-order chi connectivity index (χ1) is 9.25. The van der Waals surface area contributed by atoms with Crippen LogP contribution in [0.4, 0.5) is 10.1 Å². The monoisotopic (exact) mass is 255 g/mol. The van der Waals surface area contributed by atoms with Crippen molar-refractivity contribution in [3.8, 4) is 0 Å². The van der Waals surface area contributed by atoms with E-state index in [0.29, 0.717) is 12.5 Å². The van der Waals surface area contributed by atoms with Gasteiger partial charge in [-0.25, -0.2) is 4.39 Å². The number of anilines is 1. The maximum atomic E-state index is 13.4. The fourth-order valence-corrected chi connectivity index (χ4v) is 2.37. The zero-order valence-corrected chi connectivity index (χ0v) is 10.3. The Balaban J connectivity index is 1.99. The Labute approximate surface area is 111 Å². The zero-order chi connectivity index (χ0) is 13.2. The van der Waals surface area contributed by atoms with Gasteiger partial charge in [0.25, 0.3) is 0 Å². The molecule has 0 fully saturated rings. The lowest BCUT2D eigenvalue weighted by Crippen LogP contribution is -2.36. The predicted octanol–water partition coefficient (Wildman–Crippen LogP) is 2.70. The van der Waals surface area contributed by atoms with Gasteiger partial charge in [0.2, 0.25) is 0 Å². The Bertz CT molecular complexity index is 610. The molecule has 0 radical (unpaired) electrons. The second-order valence-electron chi connectivity index (χ2n) is 4.48. The van der Waals surface area contributed by atoms with E-state index in [2.05, 4.69) is 4.99 Å². The lowest BCUT2D eigenvalue weighted by molar-refractivity contribution is 0.621. The van der Waals surface area contributed by atoms with Crippen LogP contribution in [-0.4, -0.2) is 12.5 Å². The standard InChI is InChI=1S/C15H14FN3/c16-12-6-4-5-11(9-12)14-10-18-15(17)19(14)13-7-2-1-3-8-13/h1-9,14H,10H2,(H2,17,18). The highest BCUT2D eigenvalue weighted by molar-refractivity contribution is 5.97. The fourth-order valence-electron chi connectivity index (χ4n) is 2.37. The van der Waals surface area contributed by atoms with Gasteiger partial charge in [0.15, 0.2) is 5.96 Å². The van der Waals surface area contributed by atoms with Crippen molar-refractivity contribution in [3.05, 3.63) is 66.0 Å². The molecule has 1 atom stereocenters. The van der Waals surface area contributed by atoms with Gasteiger partial charge in [-0.15, -0.1) is 0 Å². The maximum Gasteiger partial charge on any atom is 0.196 e. The van der Waals surface area contributed by atoms with Gasteiger partial charge >= 0.3 is 0 Å². The number of rotatable bonds is 2. The van der Waals surface area contributed by atoms with Crippen molar-refractivity contribution < 1.29 is 4.39 Å². The van der Waals surface area contributed by atoms with Crippen molar-refractivity contribution in [2.24, 2.45) is 10.7 Å². The molecular formula is C15H14FN3. The van der Waals surface area contributed by atoms with Crippen molar-refractivity contribution in [3.63, 3.8) is 0 Å². The lowest BCUT2D eigenvalue weighted by atomic mass is 10.1. The van der Waals surface area contributed by atoms with E-state index in [0.717, 1.165) is 11.3 Å². The average Bonchev–Trinajstić information content (AvgIpc) is 2.82. The van der Waals surface area contributed by atoms with Crippen molar-refractivity contribution in [1.82, 2.24) is 0 Å². The quantitative estimate of drug-likeness (QED) is 0.896. The summed E-state index contributed by atoms with van der Waals surface area (Å²) in [5.74, 6) is 0.233. The van der Waals surface area contributed by atoms with Crippen molar-refractivity contribution in [2.45, 2.75) is 6.04 Å². The van der Waals surface area contributed by atoms with Crippen molar-refractivity contribution in [1.29, 1.82) is 0 Å². The summed E-state index contributed by atoms with van der Waals surface area (Å²) in [5, 5.41) is 0. The molecule has 3 nitrogen and oxygen atoms in total. The normalized spacial score (nSPS) is 18.5. The molecule has 0 aromatic heterocycles. The van der Waals surface area contributed by atoms with Crippen LogP contribution in [0.1, 0.15) is 11.6 Å². The van der Waals surface area contributed by atoms with Crippen LogP contribution in [0.3, 0.4) is 0 Å². The maximum absolute atomic E-state index is 13.4. The SMILES string of the molecule is NC1=NCC(c2cccc(F)c2)N1c1ccccc1. The minimum atomic E-state index is -0.240. The van der Waals surface area contributed by atoms with E-state index in [1.807, 2.05) is 41.3 Å². The Kier molecular flexibility index (Phi) is 2.91. The highest BCUT2D eigenvalue weighted by Crippen LogP contribution is 2.30. The first-order valence-corrected chi connectivity index (χ1v) is 6.15. The van der Waals surface area contributed by atoms with Gasteiger partial charge in [-0.3, -0.25) is 4.99 Å². The van der Waals surface area contributed by atoms with Crippen LogP contribution < -0.4 is 10.6 Å². The van der Waals surface area contributed by atoms with Gasteiger partial charge < -0.3 is 10.6 Å². The van der Waals surface area contributed by atoms with E-state index in [4.69, 9.17) is 5.73 Å². The molecule has 0 aliphatic carbocycles. The van der Waals surface area contributed by atoms with Gasteiger partial charge in [0, 0.05) is 5.69 Å². The number of hydrogen-bond acceptors (Lipinski definition) is 3. The number of para-hydroxylation sites is 1. The number of hydrogen-bond donors (Lipinski definition) is 1. The van der Waals surface area contributed by atoms with Crippen LogP contribution in [0.5, 0.6) is 0 Å². The van der Waals surface area contributed by atoms with Crippen LogP contribution in [0.15, 0.2) is 59.6 Å². The van der Waals surface area contributed by atoms with Gasteiger partial charge in [-0.1, -0.05) is 30.3 Å². The Morgan fingerprint density at radius 3 is 2.63 bits per heavy atom. The van der Waals surface area contributed by atoms with Crippen LogP contribution in [0, 0.1) is 5.82 Å². The number of nitrogens with zero attached hydrogens (tertiary/aromatic N) is 2. The first-order valence-electron chi connectivity index (χ1n) is 6.15. The molecule has 3 rings (SSSR count). The largest absolute Gasteiger partial charge is 0.369 e. The summed E-state index contributed by atoms with van der Waals surface area (Å²) in [6.45, 7) is 0.546. The molecule has 0 saturated heterocycles. The molecule has 2 aromatic rings. The zero-order valence-electron chi connectivity index (χ0n) is 10.3. The molecule has 1 unspecified atom stereocenters. The van der Waals surface area contributed by atoms with E-state index in [-0.39, 0.29) is 11.9 Å². The molecule has 1 heterocycles. The molecule has 0 amide bonds. The number of halogens is 1. The summed E-state index contributed by atoms with van der Waals surface area (Å²) in [5.41, 5.74) is 7.81. The average molecular weight is 255 g/mol. The molecule has 1 aliphatic heterocycles. The highest BCUT2D eigenvalue weighted by atomic mass is 19.1. The van der Waals surface area contributed by atoms with Crippen LogP contribution in [0.2, 0.25) is 0 Å². The minimum Gasteiger partial charge on any atom is -0.369 e. The van der Waals surface area contributed by atoms with Gasteiger partial charge in [0.1, 0.15) is 5.82 Å². The van der Waals surface area contributed by atoms with Gasteiger partial charge in [0.05, 0.1) is 12.6 Å². The predicted molar refractivity (Wildman–Crippen MR) is 74.6 cm³/mol. The topological polar surface area (TPSA) is 41.6 Å². The third-order valence-electron chi connectivity index (χ3n) is 3.25. The first kappa shape index (κ1) is 11.7. The Morgan fingerprint density at radius 1 is 1.11 bits per heavy atom. The molecule has 2 aromatic carbocycles. The second kappa shape index (κ2) is 4.72. The summed E-state index contributed by atoms with van der Waals surface area (Å²) in [4.78, 5) is 6.22. The fraction of sp³-hybridized carbons (Fsp3) is 0.133. The molecule has 0 bridgehead atoms. The Hall–Kier alpha value is -2.36. The smallest absolute Gasteiger partial charge is 0.196 e. The summed E-state index contributed by atoms with van der Waals surface area (Å²) >= 11 is 0. The number of guanidine groups is 1. The van der Waals surface area contributed by atoms with Gasteiger partial charge in [-0.2, -0.15) is 0 Å². The summed E-state index contributed by atoms with van der Waals surface area (Å²) in [6, 6.07) is 16.3. The van der Waals surface area contributed by atoms with E-state index in [9.17, 15) is 4.39 Å². The van der Waals surface area contributed by atoms with Crippen LogP contribution in [-0.2, 0) is 0 Å². The molecule has 2 N–H and O–H groups in total. The van der Waals surface area contributed by atoms with E-state index >= 15 is 0 Å². The summed E-state index contributed by atoms with van der Waals surface area (Å²) in [6.07, 6.45) is 0. The Morgan fingerprint density at radius 2 is 1.89 bits per heavy atom. The lowest BCUT2D eigenvalue weighted by Gasteiger charge is -2.26. The summed E-state index contributed by atoms with van der Waals surface area (Å²) < 4.78 is 13.4. The van der Waals surface area contributed by atoms with E-state index < -0.39 is 0 Å². The molecule has 96 valence electrons. The van der Waals surface area contributed by atoms with Crippen molar-refractivity contribution >= 4 is 11.6 Å². The van der Waals surface area contributed by atoms with E-state index in [1.54, 1.807) is 6.07 Å². The number of aliphatic imine (C=N–C) groups is 1. The molecule has 0 spiro atoms. The third-order valence-corrected chi connectivity index (χ3v) is 3.25. The van der Waals surface area contributed by atoms with Gasteiger partial charge in [-0.05, 0) is 29.8 Å². The molecule has 0 saturated carbocycles. The minimum absolute atomic E-state index is 0.0434.